The van der Waals surface area contributed by atoms with E-state index in [0.29, 0.717) is 17.6 Å². The molecule has 0 atom stereocenters. The first kappa shape index (κ1) is 12.6. The highest BCUT2D eigenvalue weighted by Gasteiger charge is 2.12. The number of fused-ring (bicyclic) bond motifs is 1. The van der Waals surface area contributed by atoms with Gasteiger partial charge < -0.3 is 10.1 Å². The predicted octanol–water partition coefficient (Wildman–Crippen LogP) is 1.84. The summed E-state index contributed by atoms with van der Waals surface area (Å²) in [4.78, 5) is 30.0. The molecule has 102 valence electrons. The molecule has 0 spiro atoms. The molecule has 0 bridgehead atoms. The Hall–Kier alpha value is -2.41. The molecule has 0 saturated heterocycles. The Kier molecular flexibility index (Phi) is 2.90. The van der Waals surface area contributed by atoms with Gasteiger partial charge in [0.15, 0.2) is 0 Å². The molecule has 0 aliphatic rings. The summed E-state index contributed by atoms with van der Waals surface area (Å²) in [6, 6.07) is 4.57. The van der Waals surface area contributed by atoms with Crippen LogP contribution in [0.15, 0.2) is 28.4 Å². The van der Waals surface area contributed by atoms with Crippen molar-refractivity contribution in [3.63, 3.8) is 0 Å². The zero-order valence-electron chi connectivity index (χ0n) is 10.6. The molecule has 0 aliphatic carbocycles. The maximum atomic E-state index is 12.0. The summed E-state index contributed by atoms with van der Waals surface area (Å²) in [5.74, 6) is -1.02. The summed E-state index contributed by atoms with van der Waals surface area (Å²) >= 11 is 1.47. The van der Waals surface area contributed by atoms with E-state index in [9.17, 15) is 9.59 Å². The topological polar surface area (TPSA) is 88.0 Å². The molecular weight excluding hydrogens is 278 g/mol. The average molecular weight is 289 g/mol. The fourth-order valence-electron chi connectivity index (χ4n) is 2.05. The summed E-state index contributed by atoms with van der Waals surface area (Å²) in [6.07, 6.45) is 0. The lowest BCUT2D eigenvalue weighted by atomic mass is 10.2. The Morgan fingerprint density at radius 2 is 2.30 bits per heavy atom. The third kappa shape index (κ3) is 2.12. The number of carboxylic acid groups (broad SMARTS) is 1. The molecule has 2 aromatic heterocycles. The van der Waals surface area contributed by atoms with Crippen LogP contribution in [0.1, 0.15) is 21.1 Å². The molecule has 3 aromatic rings. The first-order valence-electron chi connectivity index (χ1n) is 5.91. The Balaban J connectivity index is 2.13. The van der Waals surface area contributed by atoms with E-state index < -0.39 is 5.97 Å². The van der Waals surface area contributed by atoms with Crippen LogP contribution >= 0.6 is 11.3 Å². The van der Waals surface area contributed by atoms with Crippen LogP contribution in [-0.2, 0) is 6.54 Å². The largest absolute Gasteiger partial charge is 0.478 e. The third-order valence-electron chi connectivity index (χ3n) is 2.98. The Labute approximate surface area is 117 Å². The summed E-state index contributed by atoms with van der Waals surface area (Å²) in [5, 5.41) is 11.8. The number of benzene rings is 1. The minimum absolute atomic E-state index is 0.153. The van der Waals surface area contributed by atoms with Crippen LogP contribution in [-0.4, -0.2) is 25.6 Å². The van der Waals surface area contributed by atoms with E-state index >= 15 is 0 Å². The first-order valence-corrected chi connectivity index (χ1v) is 6.79. The number of aromatic amines is 1. The maximum absolute atomic E-state index is 12.0. The molecule has 3 rings (SSSR count). The van der Waals surface area contributed by atoms with Crippen molar-refractivity contribution in [1.82, 2.24) is 14.5 Å². The van der Waals surface area contributed by atoms with Gasteiger partial charge in [0.05, 0.1) is 23.1 Å². The van der Waals surface area contributed by atoms with Gasteiger partial charge in [-0.25, -0.2) is 14.6 Å². The lowest BCUT2D eigenvalue weighted by Crippen LogP contribution is -2.17. The van der Waals surface area contributed by atoms with Gasteiger partial charge in [-0.05, 0) is 25.1 Å². The van der Waals surface area contributed by atoms with Crippen LogP contribution in [0.4, 0.5) is 0 Å². The predicted molar refractivity (Wildman–Crippen MR) is 75.5 cm³/mol. The highest BCUT2D eigenvalue weighted by atomic mass is 32.1. The summed E-state index contributed by atoms with van der Waals surface area (Å²) in [7, 11) is 0. The molecule has 1 aromatic carbocycles. The normalized spacial score (nSPS) is 11.1. The Bertz CT molecular complexity index is 859. The minimum atomic E-state index is -1.02. The van der Waals surface area contributed by atoms with Crippen LogP contribution in [0.5, 0.6) is 0 Å². The number of aryl methyl sites for hydroxylation is 1. The number of H-pyrrole nitrogens is 1. The molecule has 0 fully saturated rings. The zero-order valence-corrected chi connectivity index (χ0v) is 11.4. The second-order valence-electron chi connectivity index (χ2n) is 4.44. The van der Waals surface area contributed by atoms with Gasteiger partial charge in [-0.3, -0.25) is 4.57 Å². The van der Waals surface area contributed by atoms with Gasteiger partial charge in [-0.2, -0.15) is 0 Å². The first-order chi connectivity index (χ1) is 9.54. The van der Waals surface area contributed by atoms with E-state index in [1.54, 1.807) is 6.07 Å². The second-order valence-corrected chi connectivity index (χ2v) is 5.38. The van der Waals surface area contributed by atoms with Crippen LogP contribution in [0, 0.1) is 6.92 Å². The summed E-state index contributed by atoms with van der Waals surface area (Å²) in [5.41, 5.74) is 1.98. The number of hydrogen-bond donors (Lipinski definition) is 2. The van der Waals surface area contributed by atoms with Crippen LogP contribution in [0.3, 0.4) is 0 Å². The standard InChI is InChI=1S/C13H11N3O3S/c1-7-6-20-11(14-7)5-16-10-4-8(12(17)18)2-3-9(10)15-13(16)19/h2-4,6H,5H2,1H3,(H,15,19)(H,17,18). The SMILES string of the molecule is Cc1csc(Cn2c(=O)[nH]c3ccc(C(=O)O)cc32)n1. The highest BCUT2D eigenvalue weighted by molar-refractivity contribution is 7.09. The molecular formula is C13H11N3O3S. The molecule has 0 unspecified atom stereocenters. The molecule has 2 heterocycles. The number of nitrogens with zero attached hydrogens (tertiary/aromatic N) is 2. The fourth-order valence-corrected chi connectivity index (χ4v) is 2.81. The van der Waals surface area contributed by atoms with Crippen molar-refractivity contribution in [3.8, 4) is 0 Å². The lowest BCUT2D eigenvalue weighted by Gasteiger charge is -2.01. The van der Waals surface area contributed by atoms with Gasteiger partial charge in [0.2, 0.25) is 0 Å². The van der Waals surface area contributed by atoms with Gasteiger partial charge in [0.1, 0.15) is 5.01 Å². The number of thiazole rings is 1. The van der Waals surface area contributed by atoms with Gasteiger partial charge in [0, 0.05) is 11.1 Å². The Morgan fingerprint density at radius 3 is 2.95 bits per heavy atom. The van der Waals surface area contributed by atoms with Crippen molar-refractivity contribution < 1.29 is 9.90 Å². The van der Waals surface area contributed by atoms with E-state index in [0.717, 1.165) is 10.7 Å². The van der Waals surface area contributed by atoms with E-state index in [-0.39, 0.29) is 11.3 Å². The molecule has 2 N–H and O–H groups in total. The van der Waals surface area contributed by atoms with Crippen molar-refractivity contribution in [2.45, 2.75) is 13.5 Å². The number of nitrogens with one attached hydrogen (secondary N) is 1. The number of hydrogen-bond acceptors (Lipinski definition) is 4. The third-order valence-corrected chi connectivity index (χ3v) is 3.93. The van der Waals surface area contributed by atoms with Gasteiger partial charge in [0.25, 0.3) is 0 Å². The van der Waals surface area contributed by atoms with Crippen molar-refractivity contribution >= 4 is 28.3 Å². The molecule has 0 saturated carbocycles. The van der Waals surface area contributed by atoms with Crippen molar-refractivity contribution in [3.05, 3.63) is 50.3 Å². The van der Waals surface area contributed by atoms with Gasteiger partial charge >= 0.3 is 11.7 Å². The number of aromatic nitrogens is 3. The average Bonchev–Trinajstić information content (AvgIpc) is 2.94. The monoisotopic (exact) mass is 289 g/mol. The summed E-state index contributed by atoms with van der Waals surface area (Å²) < 4.78 is 1.50. The van der Waals surface area contributed by atoms with Crippen LogP contribution < -0.4 is 5.69 Å². The van der Waals surface area contributed by atoms with Gasteiger partial charge in [-0.15, -0.1) is 11.3 Å². The van der Waals surface area contributed by atoms with Crippen LogP contribution in [0.2, 0.25) is 0 Å². The van der Waals surface area contributed by atoms with E-state index in [4.69, 9.17) is 5.11 Å². The lowest BCUT2D eigenvalue weighted by molar-refractivity contribution is 0.0697. The van der Waals surface area contributed by atoms with Gasteiger partial charge in [-0.1, -0.05) is 0 Å². The Morgan fingerprint density at radius 1 is 1.50 bits per heavy atom. The molecule has 6 nitrogen and oxygen atoms in total. The minimum Gasteiger partial charge on any atom is -0.478 e. The fraction of sp³-hybridized carbons (Fsp3) is 0.154. The maximum Gasteiger partial charge on any atom is 0.335 e. The number of imidazole rings is 1. The number of aromatic carboxylic acids is 1. The van der Waals surface area contributed by atoms with Crippen molar-refractivity contribution in [2.75, 3.05) is 0 Å². The molecule has 0 amide bonds. The second kappa shape index (κ2) is 4.61. The molecule has 0 radical (unpaired) electrons. The molecule has 0 aliphatic heterocycles. The molecule has 20 heavy (non-hydrogen) atoms. The highest BCUT2D eigenvalue weighted by Crippen LogP contribution is 2.16. The van der Waals surface area contributed by atoms with Crippen molar-refractivity contribution in [2.24, 2.45) is 0 Å². The summed E-state index contributed by atoms with van der Waals surface area (Å²) in [6.45, 7) is 2.22. The number of carbonyl (C=O) groups is 1. The number of carboxylic acids is 1. The molecule has 7 heteroatoms. The van der Waals surface area contributed by atoms with E-state index in [1.165, 1.54) is 28.0 Å². The zero-order chi connectivity index (χ0) is 14.3. The number of rotatable bonds is 3. The van der Waals surface area contributed by atoms with E-state index in [2.05, 4.69) is 9.97 Å². The quantitative estimate of drug-likeness (QED) is 0.770. The van der Waals surface area contributed by atoms with Crippen LogP contribution in [0.25, 0.3) is 11.0 Å². The van der Waals surface area contributed by atoms with E-state index in [1.807, 2.05) is 12.3 Å². The van der Waals surface area contributed by atoms with Crippen molar-refractivity contribution in [1.29, 1.82) is 0 Å². The smallest absolute Gasteiger partial charge is 0.335 e.